The fraction of sp³-hybridized carbons (Fsp3) is 0.450. The predicted molar refractivity (Wildman–Crippen MR) is 104 cm³/mol. The molecule has 6 nitrogen and oxygen atoms in total. The molecular weight excluding hydrogens is 326 g/mol. The summed E-state index contributed by atoms with van der Waals surface area (Å²) in [4.78, 5) is 25.6. The molecule has 0 radical (unpaired) electrons. The smallest absolute Gasteiger partial charge is 0.246 e. The van der Waals surface area contributed by atoms with Gasteiger partial charge in [0.25, 0.3) is 0 Å². The summed E-state index contributed by atoms with van der Waals surface area (Å²) in [6.45, 7) is 3.10. The Labute approximate surface area is 154 Å². The molecule has 0 unspecified atom stereocenters. The maximum absolute atomic E-state index is 12.7. The number of rotatable bonds is 4. The van der Waals surface area contributed by atoms with Crippen LogP contribution in [0.2, 0.25) is 0 Å². The molecule has 1 fully saturated rings. The molecule has 1 N–H and O–H groups in total. The Balaban J connectivity index is 1.41. The van der Waals surface area contributed by atoms with E-state index in [9.17, 15) is 4.79 Å². The highest BCUT2D eigenvalue weighted by molar-refractivity contribution is 5.97. The third-order valence-electron chi connectivity index (χ3n) is 5.16. The molecule has 136 valence electrons. The van der Waals surface area contributed by atoms with Gasteiger partial charge in [-0.15, -0.1) is 0 Å². The molecule has 2 aromatic rings. The lowest BCUT2D eigenvalue weighted by Gasteiger charge is -2.29. The molecule has 1 aromatic carbocycles. The van der Waals surface area contributed by atoms with Crippen molar-refractivity contribution in [2.45, 2.75) is 32.1 Å². The van der Waals surface area contributed by atoms with Crippen molar-refractivity contribution in [3.8, 4) is 0 Å². The van der Waals surface area contributed by atoms with Gasteiger partial charge in [0.1, 0.15) is 18.0 Å². The zero-order valence-corrected chi connectivity index (χ0v) is 15.0. The minimum atomic E-state index is 0.0790. The van der Waals surface area contributed by atoms with E-state index in [1.165, 1.54) is 24.8 Å². The standard InChI is InChI=1S/C20H25N5O/c26-20(25-12-6-8-16-7-2-3-9-17(16)25)14-21-18-13-19(23-15-22-18)24-10-4-1-5-11-24/h2-3,7,9,13,15H,1,4-6,8,10-12,14H2,(H,21,22,23). The minimum absolute atomic E-state index is 0.0790. The lowest BCUT2D eigenvalue weighted by Crippen LogP contribution is -2.39. The van der Waals surface area contributed by atoms with Crippen molar-refractivity contribution in [3.05, 3.63) is 42.2 Å². The molecule has 26 heavy (non-hydrogen) atoms. The van der Waals surface area contributed by atoms with Crippen molar-refractivity contribution in [1.29, 1.82) is 0 Å². The van der Waals surface area contributed by atoms with Gasteiger partial charge in [-0.1, -0.05) is 18.2 Å². The average molecular weight is 351 g/mol. The molecule has 1 amide bonds. The van der Waals surface area contributed by atoms with Gasteiger partial charge in [-0.05, 0) is 43.7 Å². The second-order valence-corrected chi connectivity index (χ2v) is 6.94. The van der Waals surface area contributed by atoms with Gasteiger partial charge >= 0.3 is 0 Å². The number of aryl methyl sites for hydroxylation is 1. The van der Waals surface area contributed by atoms with Gasteiger partial charge in [-0.3, -0.25) is 4.79 Å². The molecular formula is C20H25N5O. The number of anilines is 3. The Morgan fingerprint density at radius 2 is 1.88 bits per heavy atom. The number of fused-ring (bicyclic) bond motifs is 1. The van der Waals surface area contributed by atoms with E-state index in [4.69, 9.17) is 0 Å². The molecule has 2 aliphatic rings. The van der Waals surface area contributed by atoms with E-state index in [0.717, 1.165) is 44.0 Å². The van der Waals surface area contributed by atoms with E-state index in [-0.39, 0.29) is 12.5 Å². The highest BCUT2D eigenvalue weighted by Crippen LogP contribution is 2.26. The van der Waals surface area contributed by atoms with Crippen LogP contribution in [0.25, 0.3) is 0 Å². The number of para-hydroxylation sites is 1. The van der Waals surface area contributed by atoms with E-state index in [2.05, 4.69) is 26.3 Å². The summed E-state index contributed by atoms with van der Waals surface area (Å²) in [5.74, 6) is 1.73. The van der Waals surface area contributed by atoms with Crippen LogP contribution in [-0.2, 0) is 11.2 Å². The van der Waals surface area contributed by atoms with E-state index >= 15 is 0 Å². The van der Waals surface area contributed by atoms with Gasteiger partial charge in [0.2, 0.25) is 5.91 Å². The molecule has 0 atom stereocenters. The second-order valence-electron chi connectivity index (χ2n) is 6.94. The second kappa shape index (κ2) is 7.72. The summed E-state index contributed by atoms with van der Waals surface area (Å²) in [5, 5.41) is 3.18. The van der Waals surface area contributed by atoms with E-state index < -0.39 is 0 Å². The first kappa shape index (κ1) is 16.8. The monoisotopic (exact) mass is 351 g/mol. The van der Waals surface area contributed by atoms with Gasteiger partial charge in [-0.2, -0.15) is 0 Å². The van der Waals surface area contributed by atoms with E-state index in [0.29, 0.717) is 5.82 Å². The fourth-order valence-corrected chi connectivity index (χ4v) is 3.79. The summed E-state index contributed by atoms with van der Waals surface area (Å²) in [5.41, 5.74) is 2.30. The van der Waals surface area contributed by atoms with Gasteiger partial charge in [0.05, 0.1) is 6.54 Å². The molecule has 0 spiro atoms. The van der Waals surface area contributed by atoms with Crippen molar-refractivity contribution in [3.63, 3.8) is 0 Å². The number of piperidine rings is 1. The first-order chi connectivity index (χ1) is 12.8. The summed E-state index contributed by atoms with van der Waals surface area (Å²) in [6, 6.07) is 10.1. The Bertz CT molecular complexity index is 772. The maximum atomic E-state index is 12.7. The lowest BCUT2D eigenvalue weighted by molar-refractivity contribution is -0.117. The van der Waals surface area contributed by atoms with Crippen molar-refractivity contribution in [1.82, 2.24) is 9.97 Å². The molecule has 0 bridgehead atoms. The number of hydrogen-bond acceptors (Lipinski definition) is 5. The van der Waals surface area contributed by atoms with E-state index in [1.807, 2.05) is 29.2 Å². The lowest BCUT2D eigenvalue weighted by atomic mass is 10.0. The van der Waals surface area contributed by atoms with Crippen molar-refractivity contribution in [2.75, 3.05) is 41.3 Å². The van der Waals surface area contributed by atoms with E-state index in [1.54, 1.807) is 6.33 Å². The summed E-state index contributed by atoms with van der Waals surface area (Å²) in [6.07, 6.45) is 7.33. The number of nitrogens with zero attached hydrogens (tertiary/aromatic N) is 4. The van der Waals surface area contributed by atoms with Gasteiger partial charge < -0.3 is 15.1 Å². The topological polar surface area (TPSA) is 61.4 Å². The Hall–Kier alpha value is -2.63. The van der Waals surface area contributed by atoms with Crippen LogP contribution in [-0.4, -0.2) is 42.1 Å². The largest absolute Gasteiger partial charge is 0.361 e. The van der Waals surface area contributed by atoms with Gasteiger partial charge in [-0.25, -0.2) is 9.97 Å². The SMILES string of the molecule is O=C(CNc1cc(N2CCCCC2)ncn1)N1CCCc2ccccc21. The molecule has 0 aliphatic carbocycles. The highest BCUT2D eigenvalue weighted by Gasteiger charge is 2.22. The van der Waals surface area contributed by atoms with Crippen molar-refractivity contribution >= 4 is 23.2 Å². The third kappa shape index (κ3) is 3.64. The molecule has 1 saturated heterocycles. The van der Waals surface area contributed by atoms with Crippen LogP contribution >= 0.6 is 0 Å². The molecule has 3 heterocycles. The van der Waals surface area contributed by atoms with Gasteiger partial charge in [0, 0.05) is 31.4 Å². The summed E-state index contributed by atoms with van der Waals surface area (Å²) in [7, 11) is 0. The van der Waals surface area contributed by atoms with Crippen LogP contribution in [0.4, 0.5) is 17.3 Å². The van der Waals surface area contributed by atoms with Crippen LogP contribution in [0.3, 0.4) is 0 Å². The average Bonchev–Trinajstić information content (AvgIpc) is 2.72. The number of hydrogen-bond donors (Lipinski definition) is 1. The Morgan fingerprint density at radius 1 is 1.04 bits per heavy atom. The fourth-order valence-electron chi connectivity index (χ4n) is 3.79. The van der Waals surface area contributed by atoms with Crippen molar-refractivity contribution in [2.24, 2.45) is 0 Å². The van der Waals surface area contributed by atoms with Crippen LogP contribution in [0.15, 0.2) is 36.7 Å². The molecule has 2 aliphatic heterocycles. The normalized spacial score (nSPS) is 16.9. The predicted octanol–water partition coefficient (Wildman–Crippen LogP) is 2.86. The first-order valence-electron chi connectivity index (χ1n) is 9.50. The molecule has 4 rings (SSSR count). The number of nitrogens with one attached hydrogen (secondary N) is 1. The first-order valence-corrected chi connectivity index (χ1v) is 9.50. The third-order valence-corrected chi connectivity index (χ3v) is 5.16. The number of benzene rings is 1. The summed E-state index contributed by atoms with van der Waals surface area (Å²) >= 11 is 0. The number of aromatic nitrogens is 2. The van der Waals surface area contributed by atoms with Crippen LogP contribution in [0.1, 0.15) is 31.2 Å². The number of carbonyl (C=O) groups is 1. The number of carbonyl (C=O) groups excluding carboxylic acids is 1. The van der Waals surface area contributed by atoms with Crippen LogP contribution < -0.4 is 15.1 Å². The zero-order chi connectivity index (χ0) is 17.8. The minimum Gasteiger partial charge on any atom is -0.361 e. The quantitative estimate of drug-likeness (QED) is 0.918. The van der Waals surface area contributed by atoms with Crippen LogP contribution in [0, 0.1) is 0 Å². The highest BCUT2D eigenvalue weighted by atomic mass is 16.2. The Kier molecular flexibility index (Phi) is 5.00. The van der Waals surface area contributed by atoms with Crippen molar-refractivity contribution < 1.29 is 4.79 Å². The maximum Gasteiger partial charge on any atom is 0.246 e. The molecule has 0 saturated carbocycles. The summed E-state index contributed by atoms with van der Waals surface area (Å²) < 4.78 is 0. The van der Waals surface area contributed by atoms with Crippen LogP contribution in [0.5, 0.6) is 0 Å². The number of amides is 1. The zero-order valence-electron chi connectivity index (χ0n) is 15.0. The molecule has 6 heteroatoms. The Morgan fingerprint density at radius 3 is 2.77 bits per heavy atom. The molecule has 1 aromatic heterocycles. The van der Waals surface area contributed by atoms with Gasteiger partial charge in [0.15, 0.2) is 0 Å².